The molecule has 10 aromatic rings. The first-order chi connectivity index (χ1) is 30.8. The van der Waals surface area contributed by atoms with Crippen molar-refractivity contribution in [1.82, 2.24) is 0 Å². The van der Waals surface area contributed by atoms with Crippen LogP contribution in [0.4, 0.5) is 0 Å². The first-order valence-corrected chi connectivity index (χ1v) is 22.8. The summed E-state index contributed by atoms with van der Waals surface area (Å²) in [5.74, 6) is 0. The molecule has 0 fully saturated rings. The Balaban J connectivity index is 1.48. The zero-order chi connectivity index (χ0) is 44.3. The monoisotopic (exact) mass is 824 g/mol. The van der Waals surface area contributed by atoms with Gasteiger partial charge in [-0.05, 0) is 147 Å². The van der Waals surface area contributed by atoms with E-state index in [0.29, 0.717) is 0 Å². The number of hydrogen-bond acceptors (Lipinski definition) is 0. The molecule has 0 saturated heterocycles. The summed E-state index contributed by atoms with van der Waals surface area (Å²) in [7, 11) is 0. The Morgan fingerprint density at radius 2 is 0.516 bits per heavy atom. The molecule has 0 amide bonds. The van der Waals surface area contributed by atoms with E-state index in [2.05, 4.69) is 250 Å². The van der Waals surface area contributed by atoms with Gasteiger partial charge in [-0.3, -0.25) is 0 Å². The van der Waals surface area contributed by atoms with Crippen LogP contribution in [0.25, 0.3) is 99.1 Å². The predicted octanol–water partition coefficient (Wildman–Crippen LogP) is 18.4. The maximum Gasteiger partial charge on any atom is -0.000139 e. The Bertz CT molecular complexity index is 3090. The number of benzene rings is 10. The van der Waals surface area contributed by atoms with Crippen molar-refractivity contribution in [1.29, 1.82) is 0 Å². The number of aryl methyl sites for hydroxylation is 2. The Morgan fingerprint density at radius 3 is 0.828 bits per heavy atom. The molecule has 0 atom stereocenters. The molecule has 0 unspecified atom stereocenters. The molecule has 0 aliphatic rings. The summed E-state index contributed by atoms with van der Waals surface area (Å²) in [5, 5.41) is 7.62. The first kappa shape index (κ1) is 41.0. The van der Waals surface area contributed by atoms with Gasteiger partial charge < -0.3 is 0 Å². The molecule has 0 bridgehead atoms. The Morgan fingerprint density at radius 1 is 0.250 bits per heavy atom. The molecule has 312 valence electrons. The molecule has 0 aliphatic carbocycles. The smallest absolute Gasteiger partial charge is 0.000139 e. The van der Waals surface area contributed by atoms with Crippen LogP contribution >= 0.6 is 0 Å². The number of rotatable bonds is 6. The van der Waals surface area contributed by atoms with Crippen molar-refractivity contribution < 1.29 is 0 Å². The molecule has 0 N–H and O–H groups in total. The highest BCUT2D eigenvalue weighted by Crippen LogP contribution is 2.54. The summed E-state index contributed by atoms with van der Waals surface area (Å²) >= 11 is 0. The molecule has 0 nitrogen and oxygen atoms in total. The zero-order valence-electron chi connectivity index (χ0n) is 38.5. The van der Waals surface area contributed by atoms with Crippen LogP contribution in [-0.2, 0) is 10.8 Å². The Hall–Kier alpha value is -7.02. The second-order valence-corrected chi connectivity index (χ2v) is 19.9. The molecule has 0 heteroatoms. The molecule has 10 aromatic carbocycles. The maximum absolute atomic E-state index is 2.51. The fraction of sp³-hybridized carbons (Fsp3) is 0.156. The molecule has 0 heterocycles. The standard InChI is InChI=1S/C64H56/c1-41-19-23-47(24-20-41)57-53-37-35-51(63(3,4)5)39-55(53)60(50-33-29-46(30-34-50)44-17-13-10-14-18-44)62-58(48-25-21-42(2)22-26-48)54-38-36-52(64(6,7)8)40-56(54)59(61(57)62)49-31-27-45(28-32-49)43-15-11-9-12-16-43/h9-40H,1-8H3. The van der Waals surface area contributed by atoms with E-state index in [4.69, 9.17) is 0 Å². The normalized spacial score (nSPS) is 12.1. The second kappa shape index (κ2) is 16.0. The summed E-state index contributed by atoms with van der Waals surface area (Å²) in [6.07, 6.45) is 0. The molecule has 0 saturated carbocycles. The quantitative estimate of drug-likeness (QED) is 0.147. The molecular weight excluding hydrogens is 769 g/mol. The van der Waals surface area contributed by atoms with Crippen molar-refractivity contribution in [2.45, 2.75) is 66.2 Å². The highest BCUT2D eigenvalue weighted by Gasteiger charge is 2.28. The minimum Gasteiger partial charge on any atom is -0.0622 e. The number of hydrogen-bond donors (Lipinski definition) is 0. The van der Waals surface area contributed by atoms with Crippen LogP contribution in [0.2, 0.25) is 0 Å². The fourth-order valence-electron chi connectivity index (χ4n) is 9.72. The van der Waals surface area contributed by atoms with Crippen LogP contribution in [-0.4, -0.2) is 0 Å². The van der Waals surface area contributed by atoms with Gasteiger partial charge in [0.15, 0.2) is 0 Å². The van der Waals surface area contributed by atoms with E-state index in [9.17, 15) is 0 Å². The van der Waals surface area contributed by atoms with Crippen LogP contribution in [0.1, 0.15) is 63.8 Å². The van der Waals surface area contributed by atoms with Gasteiger partial charge in [0.1, 0.15) is 0 Å². The lowest BCUT2D eigenvalue weighted by atomic mass is 9.75. The molecule has 0 aliphatic heterocycles. The van der Waals surface area contributed by atoms with Gasteiger partial charge in [0, 0.05) is 0 Å². The van der Waals surface area contributed by atoms with E-state index in [1.807, 2.05) is 0 Å². The summed E-state index contributed by atoms with van der Waals surface area (Å²) in [5.41, 5.74) is 19.8. The van der Waals surface area contributed by atoms with Gasteiger partial charge in [-0.2, -0.15) is 0 Å². The van der Waals surface area contributed by atoms with Gasteiger partial charge in [0.2, 0.25) is 0 Å². The van der Waals surface area contributed by atoms with Crippen molar-refractivity contribution in [2.75, 3.05) is 0 Å². The van der Waals surface area contributed by atoms with Crippen LogP contribution in [0.5, 0.6) is 0 Å². The summed E-state index contributed by atoms with van der Waals surface area (Å²) in [4.78, 5) is 0. The third-order valence-electron chi connectivity index (χ3n) is 13.3. The van der Waals surface area contributed by atoms with Gasteiger partial charge in [-0.15, -0.1) is 0 Å². The van der Waals surface area contributed by atoms with Crippen LogP contribution in [0, 0.1) is 13.8 Å². The van der Waals surface area contributed by atoms with Crippen LogP contribution in [0.3, 0.4) is 0 Å². The zero-order valence-corrected chi connectivity index (χ0v) is 38.5. The van der Waals surface area contributed by atoms with E-state index in [1.54, 1.807) is 0 Å². The Kier molecular flexibility index (Phi) is 10.2. The molecule has 0 spiro atoms. The lowest BCUT2D eigenvalue weighted by Crippen LogP contribution is -2.11. The highest BCUT2D eigenvalue weighted by molar-refractivity contribution is 6.34. The lowest BCUT2D eigenvalue weighted by Gasteiger charge is -2.28. The summed E-state index contributed by atoms with van der Waals surface area (Å²) in [6, 6.07) is 73.3. The maximum atomic E-state index is 2.51. The molecule has 0 aromatic heterocycles. The molecule has 64 heavy (non-hydrogen) atoms. The third kappa shape index (κ3) is 7.42. The van der Waals surface area contributed by atoms with E-state index < -0.39 is 0 Å². The van der Waals surface area contributed by atoms with Crippen molar-refractivity contribution >= 4 is 32.3 Å². The molecule has 0 radical (unpaired) electrons. The van der Waals surface area contributed by atoms with E-state index in [0.717, 1.165) is 0 Å². The molecule has 10 rings (SSSR count). The van der Waals surface area contributed by atoms with Crippen LogP contribution in [0.15, 0.2) is 194 Å². The van der Waals surface area contributed by atoms with Gasteiger partial charge in [-0.1, -0.05) is 235 Å². The predicted molar refractivity (Wildman–Crippen MR) is 278 cm³/mol. The highest BCUT2D eigenvalue weighted by atomic mass is 14.3. The SMILES string of the molecule is Cc1ccc(-c2c3ccc(C(C)(C)C)cc3c(-c3ccc(-c4ccccc4)cc3)c3c(-c4ccc(C)cc4)c4ccc(C(C)(C)C)cc4c(-c4ccc(-c5ccccc5)cc4)c23)cc1. The minimum atomic E-state index is -0.0558. The van der Waals surface area contributed by atoms with E-state index >= 15 is 0 Å². The first-order valence-electron chi connectivity index (χ1n) is 22.8. The van der Waals surface area contributed by atoms with E-state index in [1.165, 1.54) is 121 Å². The third-order valence-corrected chi connectivity index (χ3v) is 13.3. The Labute approximate surface area is 379 Å². The van der Waals surface area contributed by atoms with Crippen molar-refractivity contribution in [3.05, 3.63) is 216 Å². The van der Waals surface area contributed by atoms with E-state index in [-0.39, 0.29) is 10.8 Å². The lowest BCUT2D eigenvalue weighted by molar-refractivity contribution is 0.591. The topological polar surface area (TPSA) is 0 Å². The summed E-state index contributed by atoms with van der Waals surface area (Å²) in [6.45, 7) is 18.4. The van der Waals surface area contributed by atoms with Crippen molar-refractivity contribution in [3.8, 4) is 66.8 Å². The van der Waals surface area contributed by atoms with Gasteiger partial charge >= 0.3 is 0 Å². The molecular formula is C64H56. The second-order valence-electron chi connectivity index (χ2n) is 19.9. The largest absolute Gasteiger partial charge is 0.0622 e. The van der Waals surface area contributed by atoms with Gasteiger partial charge in [0.05, 0.1) is 0 Å². The van der Waals surface area contributed by atoms with Crippen LogP contribution < -0.4 is 0 Å². The number of fused-ring (bicyclic) bond motifs is 3. The van der Waals surface area contributed by atoms with Crippen molar-refractivity contribution in [3.63, 3.8) is 0 Å². The van der Waals surface area contributed by atoms with Crippen molar-refractivity contribution in [2.24, 2.45) is 0 Å². The summed E-state index contributed by atoms with van der Waals surface area (Å²) < 4.78 is 0. The average molecular weight is 825 g/mol. The average Bonchev–Trinajstić information content (AvgIpc) is 3.30. The van der Waals surface area contributed by atoms with Gasteiger partial charge in [-0.25, -0.2) is 0 Å². The fourth-order valence-corrected chi connectivity index (χ4v) is 9.72. The van der Waals surface area contributed by atoms with Gasteiger partial charge in [0.25, 0.3) is 0 Å². The minimum absolute atomic E-state index is 0.0558.